The van der Waals surface area contributed by atoms with Crippen molar-refractivity contribution in [2.75, 3.05) is 5.32 Å². The van der Waals surface area contributed by atoms with Crippen molar-refractivity contribution in [3.05, 3.63) is 23.8 Å². The molecule has 1 amide bonds. The molecule has 1 aromatic carbocycles. The van der Waals surface area contributed by atoms with Crippen molar-refractivity contribution in [3.63, 3.8) is 0 Å². The number of rotatable bonds is 3. The Morgan fingerprint density at radius 3 is 2.70 bits per heavy atom. The Kier molecular flexibility index (Phi) is 3.66. The predicted octanol–water partition coefficient (Wildman–Crippen LogP) is 2.56. The number of nitrogens with one attached hydrogen (secondary N) is 2. The molecule has 2 saturated heterocycles. The smallest absolute Gasteiger partial charge is 0.224 e. The Labute approximate surface area is 119 Å². The maximum Gasteiger partial charge on any atom is 0.224 e. The van der Waals surface area contributed by atoms with Gasteiger partial charge in [0, 0.05) is 24.2 Å². The number of anilines is 1. The van der Waals surface area contributed by atoms with Crippen LogP contribution in [0.15, 0.2) is 18.2 Å². The van der Waals surface area contributed by atoms with Gasteiger partial charge in [-0.15, -0.1) is 0 Å². The summed E-state index contributed by atoms with van der Waals surface area (Å²) < 4.78 is 0. The fraction of sp³-hybridized carbons (Fsp3) is 0.562. The fourth-order valence-corrected chi connectivity index (χ4v) is 3.59. The zero-order chi connectivity index (χ0) is 14.1. The molecule has 4 heteroatoms. The van der Waals surface area contributed by atoms with E-state index < -0.39 is 0 Å². The SMILES string of the molecule is Cc1cc(O)ccc1NC(=O)CC1CC2CCC(C1)N2. The van der Waals surface area contributed by atoms with Crippen molar-refractivity contribution < 1.29 is 9.90 Å². The molecule has 1 aromatic rings. The maximum atomic E-state index is 12.2. The number of phenolic OH excluding ortho intramolecular Hbond substituents is 1. The first-order valence-electron chi connectivity index (χ1n) is 7.45. The number of hydrogen-bond donors (Lipinski definition) is 3. The minimum atomic E-state index is 0.0880. The number of fused-ring (bicyclic) bond motifs is 2. The lowest BCUT2D eigenvalue weighted by atomic mass is 9.89. The summed E-state index contributed by atoms with van der Waals surface area (Å²) in [7, 11) is 0. The summed E-state index contributed by atoms with van der Waals surface area (Å²) in [5.41, 5.74) is 1.69. The first-order chi connectivity index (χ1) is 9.60. The van der Waals surface area contributed by atoms with E-state index in [-0.39, 0.29) is 11.7 Å². The molecule has 20 heavy (non-hydrogen) atoms. The number of aryl methyl sites for hydroxylation is 1. The predicted molar refractivity (Wildman–Crippen MR) is 78.8 cm³/mol. The lowest BCUT2D eigenvalue weighted by molar-refractivity contribution is -0.117. The van der Waals surface area contributed by atoms with Gasteiger partial charge >= 0.3 is 0 Å². The third-order valence-electron chi connectivity index (χ3n) is 4.53. The summed E-state index contributed by atoms with van der Waals surface area (Å²) >= 11 is 0. The first kappa shape index (κ1) is 13.4. The monoisotopic (exact) mass is 274 g/mol. The number of hydrogen-bond acceptors (Lipinski definition) is 3. The Morgan fingerprint density at radius 2 is 2.05 bits per heavy atom. The Balaban J connectivity index is 1.57. The number of benzene rings is 1. The molecule has 0 radical (unpaired) electrons. The molecule has 4 nitrogen and oxygen atoms in total. The molecule has 2 bridgehead atoms. The van der Waals surface area contributed by atoms with Crippen molar-refractivity contribution in [3.8, 4) is 5.75 Å². The lowest BCUT2D eigenvalue weighted by Gasteiger charge is -2.28. The number of phenols is 1. The van der Waals surface area contributed by atoms with Gasteiger partial charge in [-0.1, -0.05) is 0 Å². The van der Waals surface area contributed by atoms with Crippen LogP contribution < -0.4 is 10.6 Å². The quantitative estimate of drug-likeness (QED) is 0.742. The molecule has 0 saturated carbocycles. The van der Waals surface area contributed by atoms with E-state index in [0.717, 1.165) is 24.1 Å². The number of piperidine rings is 1. The van der Waals surface area contributed by atoms with E-state index in [1.807, 2.05) is 6.92 Å². The van der Waals surface area contributed by atoms with Crippen LogP contribution in [0.1, 0.15) is 37.7 Å². The molecule has 2 fully saturated rings. The van der Waals surface area contributed by atoms with Crippen molar-refractivity contribution in [1.82, 2.24) is 5.32 Å². The lowest BCUT2D eigenvalue weighted by Crippen LogP contribution is -2.39. The topological polar surface area (TPSA) is 61.4 Å². The van der Waals surface area contributed by atoms with E-state index in [2.05, 4.69) is 10.6 Å². The third kappa shape index (κ3) is 2.96. The van der Waals surface area contributed by atoms with Crippen LogP contribution in [0, 0.1) is 12.8 Å². The van der Waals surface area contributed by atoms with Gasteiger partial charge < -0.3 is 15.7 Å². The van der Waals surface area contributed by atoms with Crippen molar-refractivity contribution in [2.45, 2.75) is 51.1 Å². The van der Waals surface area contributed by atoms with Gasteiger partial charge in [0.15, 0.2) is 0 Å². The summed E-state index contributed by atoms with van der Waals surface area (Å²) in [4.78, 5) is 12.2. The van der Waals surface area contributed by atoms with Gasteiger partial charge in [-0.05, 0) is 62.3 Å². The van der Waals surface area contributed by atoms with Gasteiger partial charge in [-0.2, -0.15) is 0 Å². The molecule has 2 unspecified atom stereocenters. The second-order valence-corrected chi connectivity index (χ2v) is 6.23. The molecule has 2 atom stereocenters. The highest BCUT2D eigenvalue weighted by atomic mass is 16.3. The van der Waals surface area contributed by atoms with Gasteiger partial charge in [-0.25, -0.2) is 0 Å². The highest BCUT2D eigenvalue weighted by Crippen LogP contribution is 2.33. The molecule has 0 aliphatic carbocycles. The maximum absolute atomic E-state index is 12.2. The summed E-state index contributed by atoms with van der Waals surface area (Å²) in [6.45, 7) is 1.89. The summed E-state index contributed by atoms with van der Waals surface area (Å²) in [5.74, 6) is 0.826. The molecule has 3 rings (SSSR count). The van der Waals surface area contributed by atoms with Gasteiger partial charge in [0.05, 0.1) is 0 Å². The molecule has 3 N–H and O–H groups in total. The van der Waals surface area contributed by atoms with Crippen molar-refractivity contribution in [2.24, 2.45) is 5.92 Å². The van der Waals surface area contributed by atoms with Crippen LogP contribution in [0.5, 0.6) is 5.75 Å². The standard InChI is InChI=1S/C16H22N2O2/c1-10-6-14(19)4-5-15(10)18-16(20)9-11-7-12-2-3-13(8-11)17-12/h4-6,11-13,17,19H,2-3,7-9H2,1H3,(H,18,20). The van der Waals surface area contributed by atoms with Gasteiger partial charge in [-0.3, -0.25) is 4.79 Å². The average Bonchev–Trinajstić information content (AvgIpc) is 2.72. The zero-order valence-corrected chi connectivity index (χ0v) is 11.9. The Morgan fingerprint density at radius 1 is 1.35 bits per heavy atom. The van der Waals surface area contributed by atoms with E-state index in [4.69, 9.17) is 0 Å². The highest BCUT2D eigenvalue weighted by Gasteiger charge is 2.34. The highest BCUT2D eigenvalue weighted by molar-refractivity contribution is 5.91. The molecule has 2 aliphatic rings. The van der Waals surface area contributed by atoms with Crippen LogP contribution in [0.3, 0.4) is 0 Å². The molecular formula is C16H22N2O2. The summed E-state index contributed by atoms with van der Waals surface area (Å²) in [6, 6.07) is 6.28. The van der Waals surface area contributed by atoms with Gasteiger partial charge in [0.1, 0.15) is 5.75 Å². The average molecular weight is 274 g/mol. The molecule has 2 heterocycles. The van der Waals surface area contributed by atoms with Crippen LogP contribution in [-0.2, 0) is 4.79 Å². The second-order valence-electron chi connectivity index (χ2n) is 6.23. The van der Waals surface area contributed by atoms with E-state index in [1.54, 1.807) is 18.2 Å². The molecular weight excluding hydrogens is 252 g/mol. The van der Waals surface area contributed by atoms with E-state index in [9.17, 15) is 9.90 Å². The van der Waals surface area contributed by atoms with Crippen LogP contribution >= 0.6 is 0 Å². The number of carbonyl (C=O) groups excluding carboxylic acids is 1. The fourth-order valence-electron chi connectivity index (χ4n) is 3.59. The van der Waals surface area contributed by atoms with E-state index in [1.165, 1.54) is 12.8 Å². The normalized spacial score (nSPS) is 28.4. The minimum absolute atomic E-state index is 0.0880. The van der Waals surface area contributed by atoms with Crippen molar-refractivity contribution >= 4 is 11.6 Å². The molecule has 0 spiro atoms. The Bertz CT molecular complexity index is 503. The van der Waals surface area contributed by atoms with Crippen LogP contribution in [0.2, 0.25) is 0 Å². The van der Waals surface area contributed by atoms with Gasteiger partial charge in [0.25, 0.3) is 0 Å². The number of amides is 1. The number of aromatic hydroxyl groups is 1. The van der Waals surface area contributed by atoms with Crippen LogP contribution in [0.25, 0.3) is 0 Å². The molecule has 2 aliphatic heterocycles. The van der Waals surface area contributed by atoms with Crippen LogP contribution in [0.4, 0.5) is 5.69 Å². The van der Waals surface area contributed by atoms with E-state index in [0.29, 0.717) is 24.4 Å². The minimum Gasteiger partial charge on any atom is -0.508 e. The first-order valence-corrected chi connectivity index (χ1v) is 7.45. The van der Waals surface area contributed by atoms with Crippen molar-refractivity contribution in [1.29, 1.82) is 0 Å². The number of carbonyl (C=O) groups is 1. The summed E-state index contributed by atoms with van der Waals surface area (Å²) in [5, 5.41) is 15.9. The second kappa shape index (κ2) is 5.44. The largest absolute Gasteiger partial charge is 0.508 e. The van der Waals surface area contributed by atoms with E-state index >= 15 is 0 Å². The Hall–Kier alpha value is -1.55. The zero-order valence-electron chi connectivity index (χ0n) is 11.9. The summed E-state index contributed by atoms with van der Waals surface area (Å²) in [6.07, 6.45) is 5.38. The molecule has 108 valence electrons. The van der Waals surface area contributed by atoms with Gasteiger partial charge in [0.2, 0.25) is 5.91 Å². The molecule has 0 aromatic heterocycles. The van der Waals surface area contributed by atoms with Crippen LogP contribution in [-0.4, -0.2) is 23.1 Å². The third-order valence-corrected chi connectivity index (χ3v) is 4.53.